The molecule has 0 fully saturated rings. The van der Waals surface area contributed by atoms with Gasteiger partial charge in [0.15, 0.2) is 5.16 Å². The van der Waals surface area contributed by atoms with Gasteiger partial charge in [0.25, 0.3) is 0 Å². The summed E-state index contributed by atoms with van der Waals surface area (Å²) in [4.78, 5) is 7.20. The number of aromatic nitrogens is 2. The molecule has 1 heterocycles. The zero-order valence-electron chi connectivity index (χ0n) is 9.87. The Bertz CT molecular complexity index is 241. The van der Waals surface area contributed by atoms with Crippen molar-refractivity contribution in [2.75, 3.05) is 32.1 Å². The lowest BCUT2D eigenvalue weighted by Crippen LogP contribution is -2.22. The molecule has 4 nitrogen and oxygen atoms in total. The fourth-order valence-corrected chi connectivity index (χ4v) is 1.89. The molecule has 1 aromatic rings. The molecule has 92 valence electrons. The van der Waals surface area contributed by atoms with Crippen molar-refractivity contribution >= 4 is 11.8 Å². The summed E-state index contributed by atoms with van der Waals surface area (Å²) in [6.45, 7) is 5.79. The van der Waals surface area contributed by atoms with Crippen molar-refractivity contribution in [3.05, 3.63) is 12.4 Å². The molecule has 0 atom stereocenters. The van der Waals surface area contributed by atoms with E-state index in [0.29, 0.717) is 0 Å². The minimum atomic E-state index is 0.811. The van der Waals surface area contributed by atoms with Gasteiger partial charge in [-0.15, -0.1) is 0 Å². The number of hydrogen-bond acceptors (Lipinski definition) is 4. The first-order chi connectivity index (χ1) is 7.93. The van der Waals surface area contributed by atoms with Crippen LogP contribution in [-0.2, 0) is 4.74 Å². The number of H-pyrrole nitrogens is 1. The van der Waals surface area contributed by atoms with E-state index < -0.39 is 0 Å². The molecule has 0 saturated carbocycles. The standard InChI is InChI=1S/C11H21N3OS/c1-2-3-8-15-9-6-12-7-10-16-11-13-4-5-14-11/h4-5,12H,2-3,6-10H2,1H3,(H,13,14). The maximum Gasteiger partial charge on any atom is 0.165 e. The van der Waals surface area contributed by atoms with Gasteiger partial charge in [0, 0.05) is 37.8 Å². The Balaban J connectivity index is 1.78. The van der Waals surface area contributed by atoms with Gasteiger partial charge in [0.05, 0.1) is 6.61 Å². The third kappa shape index (κ3) is 6.87. The zero-order valence-corrected chi connectivity index (χ0v) is 10.7. The summed E-state index contributed by atoms with van der Waals surface area (Å²) < 4.78 is 5.44. The average Bonchev–Trinajstić information content (AvgIpc) is 2.80. The molecule has 1 rings (SSSR count). The van der Waals surface area contributed by atoms with Gasteiger partial charge in [-0.2, -0.15) is 0 Å². The molecule has 0 amide bonds. The Labute approximate surface area is 102 Å². The molecule has 0 aliphatic heterocycles. The molecule has 1 aromatic heterocycles. The lowest BCUT2D eigenvalue weighted by molar-refractivity contribution is 0.133. The number of aromatic amines is 1. The van der Waals surface area contributed by atoms with Crippen LogP contribution < -0.4 is 5.32 Å². The first-order valence-electron chi connectivity index (χ1n) is 5.84. The van der Waals surface area contributed by atoms with Gasteiger partial charge in [-0.3, -0.25) is 0 Å². The number of unbranched alkanes of at least 4 members (excludes halogenated alkanes) is 1. The van der Waals surface area contributed by atoms with Crippen molar-refractivity contribution in [3.63, 3.8) is 0 Å². The highest BCUT2D eigenvalue weighted by molar-refractivity contribution is 7.99. The zero-order chi connectivity index (χ0) is 11.5. The van der Waals surface area contributed by atoms with Crippen LogP contribution in [0.4, 0.5) is 0 Å². The maximum atomic E-state index is 5.44. The van der Waals surface area contributed by atoms with Gasteiger partial charge < -0.3 is 15.0 Å². The van der Waals surface area contributed by atoms with Crippen LogP contribution in [0, 0.1) is 0 Å². The van der Waals surface area contributed by atoms with Crippen LogP contribution >= 0.6 is 11.8 Å². The molecule has 0 aromatic carbocycles. The van der Waals surface area contributed by atoms with Gasteiger partial charge in [-0.05, 0) is 6.42 Å². The van der Waals surface area contributed by atoms with Crippen LogP contribution in [0.5, 0.6) is 0 Å². The largest absolute Gasteiger partial charge is 0.380 e. The van der Waals surface area contributed by atoms with Gasteiger partial charge in [-0.25, -0.2) is 4.98 Å². The monoisotopic (exact) mass is 243 g/mol. The number of ether oxygens (including phenoxy) is 1. The van der Waals surface area contributed by atoms with Crippen molar-refractivity contribution in [1.82, 2.24) is 15.3 Å². The molecule has 0 radical (unpaired) electrons. The van der Waals surface area contributed by atoms with E-state index in [1.807, 2.05) is 6.20 Å². The predicted molar refractivity (Wildman–Crippen MR) is 67.9 cm³/mol. The lowest BCUT2D eigenvalue weighted by Gasteiger charge is -2.04. The summed E-state index contributed by atoms with van der Waals surface area (Å²) in [5.41, 5.74) is 0. The molecule has 0 aliphatic carbocycles. The highest BCUT2D eigenvalue weighted by atomic mass is 32.2. The highest BCUT2D eigenvalue weighted by Crippen LogP contribution is 2.09. The van der Waals surface area contributed by atoms with E-state index in [4.69, 9.17) is 4.74 Å². The minimum absolute atomic E-state index is 0.811. The summed E-state index contributed by atoms with van der Waals surface area (Å²) in [6, 6.07) is 0. The highest BCUT2D eigenvalue weighted by Gasteiger charge is 1.94. The van der Waals surface area contributed by atoms with Crippen LogP contribution in [0.25, 0.3) is 0 Å². The van der Waals surface area contributed by atoms with E-state index in [2.05, 4.69) is 22.2 Å². The molecule has 0 saturated heterocycles. The second-order valence-corrected chi connectivity index (χ2v) is 4.54. The fraction of sp³-hybridized carbons (Fsp3) is 0.727. The van der Waals surface area contributed by atoms with E-state index in [1.54, 1.807) is 18.0 Å². The van der Waals surface area contributed by atoms with Crippen LogP contribution in [0.1, 0.15) is 19.8 Å². The normalized spacial score (nSPS) is 10.8. The Morgan fingerprint density at radius 1 is 1.44 bits per heavy atom. The molecule has 0 bridgehead atoms. The minimum Gasteiger partial charge on any atom is -0.380 e. The summed E-state index contributed by atoms with van der Waals surface area (Å²) in [5.74, 6) is 1.03. The molecule has 0 spiro atoms. The number of thioether (sulfide) groups is 1. The number of imidazole rings is 1. The smallest absolute Gasteiger partial charge is 0.165 e. The van der Waals surface area contributed by atoms with E-state index >= 15 is 0 Å². The number of nitrogens with zero attached hydrogens (tertiary/aromatic N) is 1. The van der Waals surface area contributed by atoms with Crippen molar-refractivity contribution in [3.8, 4) is 0 Å². The topological polar surface area (TPSA) is 49.9 Å². The van der Waals surface area contributed by atoms with Crippen LogP contribution in [-0.4, -0.2) is 42.0 Å². The van der Waals surface area contributed by atoms with Crippen LogP contribution in [0.2, 0.25) is 0 Å². The van der Waals surface area contributed by atoms with Gasteiger partial charge >= 0.3 is 0 Å². The predicted octanol–water partition coefficient (Wildman–Crippen LogP) is 1.91. The molecule has 5 heteroatoms. The van der Waals surface area contributed by atoms with E-state index in [0.717, 1.165) is 43.6 Å². The van der Waals surface area contributed by atoms with Crippen molar-refractivity contribution in [1.29, 1.82) is 0 Å². The molecule has 0 aliphatic rings. The third-order valence-electron chi connectivity index (χ3n) is 2.06. The van der Waals surface area contributed by atoms with Gasteiger partial charge in [0.1, 0.15) is 0 Å². The summed E-state index contributed by atoms with van der Waals surface area (Å²) in [5, 5.41) is 4.32. The maximum absolute atomic E-state index is 5.44. The Hall–Kier alpha value is -0.520. The first-order valence-corrected chi connectivity index (χ1v) is 6.82. The lowest BCUT2D eigenvalue weighted by atomic mass is 10.4. The van der Waals surface area contributed by atoms with Crippen LogP contribution in [0.3, 0.4) is 0 Å². The molecule has 16 heavy (non-hydrogen) atoms. The Morgan fingerprint density at radius 2 is 2.38 bits per heavy atom. The SMILES string of the molecule is CCCCOCCNCCSc1ncc[nH]1. The molecular formula is C11H21N3OS. The van der Waals surface area contributed by atoms with Crippen LogP contribution in [0.15, 0.2) is 17.6 Å². The van der Waals surface area contributed by atoms with E-state index in [1.165, 1.54) is 6.42 Å². The third-order valence-corrected chi connectivity index (χ3v) is 2.96. The molecule has 2 N–H and O–H groups in total. The second-order valence-electron chi connectivity index (χ2n) is 3.46. The molecule has 0 unspecified atom stereocenters. The fourth-order valence-electron chi connectivity index (χ4n) is 1.17. The van der Waals surface area contributed by atoms with Crippen molar-refractivity contribution in [2.24, 2.45) is 0 Å². The van der Waals surface area contributed by atoms with Crippen molar-refractivity contribution < 1.29 is 4.74 Å². The summed E-state index contributed by atoms with van der Waals surface area (Å²) in [6.07, 6.45) is 5.98. The summed E-state index contributed by atoms with van der Waals surface area (Å²) >= 11 is 1.73. The Morgan fingerprint density at radius 3 is 3.12 bits per heavy atom. The molecular weight excluding hydrogens is 222 g/mol. The number of hydrogen-bond donors (Lipinski definition) is 2. The number of rotatable bonds is 10. The average molecular weight is 243 g/mol. The quantitative estimate of drug-likeness (QED) is 0.487. The summed E-state index contributed by atoms with van der Waals surface area (Å²) in [7, 11) is 0. The number of nitrogens with one attached hydrogen (secondary N) is 2. The van der Waals surface area contributed by atoms with E-state index in [9.17, 15) is 0 Å². The second kappa shape index (κ2) is 9.69. The van der Waals surface area contributed by atoms with Gasteiger partial charge in [0.2, 0.25) is 0 Å². The first kappa shape index (κ1) is 13.5. The van der Waals surface area contributed by atoms with E-state index in [-0.39, 0.29) is 0 Å². The van der Waals surface area contributed by atoms with Gasteiger partial charge in [-0.1, -0.05) is 25.1 Å². The Kier molecular flexibility index (Phi) is 8.20. The van der Waals surface area contributed by atoms with Crippen molar-refractivity contribution in [2.45, 2.75) is 24.9 Å².